The quantitative estimate of drug-likeness (QED) is 0.0871. The van der Waals surface area contributed by atoms with Crippen LogP contribution in [0.15, 0.2) is 253 Å². The average molecular weight is 1050 g/mol. The molecule has 9 aromatic rings. The lowest BCUT2D eigenvalue weighted by Crippen LogP contribution is -2.14. The molecule has 0 radical (unpaired) electrons. The van der Waals surface area contributed by atoms with Gasteiger partial charge >= 0.3 is 0 Å². The van der Waals surface area contributed by atoms with Gasteiger partial charge in [-0.2, -0.15) is 47.4 Å². The van der Waals surface area contributed by atoms with Crippen LogP contribution in [0.3, 0.4) is 0 Å². The summed E-state index contributed by atoms with van der Waals surface area (Å²) in [6, 6.07) is 92.0. The third-order valence-electron chi connectivity index (χ3n) is 13.1. The monoisotopic (exact) mass is 1050 g/mol. The Morgan fingerprint density at radius 3 is 0.476 bits per heavy atom. The molecule has 0 amide bonds. The fraction of sp³-hybridized carbons (Fsp3) is 0. The minimum absolute atomic E-state index is 0.00918. The smallest absolute Gasteiger partial charge is 0.148 e. The molecule has 0 N–H and O–H groups in total. The van der Waals surface area contributed by atoms with Gasteiger partial charge in [-0.25, -0.2) is 0 Å². The van der Waals surface area contributed by atoms with Crippen molar-refractivity contribution in [1.82, 2.24) is 0 Å². The summed E-state index contributed by atoms with van der Waals surface area (Å²) in [6.45, 7) is 0. The number of hydrogen-bond donors (Lipinski definition) is 0. The van der Waals surface area contributed by atoms with Crippen LogP contribution in [0, 0.1) is 102 Å². The molecule has 82 heavy (non-hydrogen) atoms. The highest BCUT2D eigenvalue weighted by molar-refractivity contribution is 5.90. The molecule has 0 saturated carbocycles. The molecule has 0 fully saturated rings. The number of para-hydroxylation sites is 3. The number of hydrogen-bond acceptors (Lipinski definition) is 13. The van der Waals surface area contributed by atoms with E-state index >= 15 is 0 Å². The summed E-state index contributed by atoms with van der Waals surface area (Å²) in [5, 5.41) is 86.9. The Morgan fingerprint density at radius 1 is 0.183 bits per heavy atom. The highest BCUT2D eigenvalue weighted by Crippen LogP contribution is 2.43. The van der Waals surface area contributed by atoms with Crippen LogP contribution in [-0.2, 0) is 0 Å². The van der Waals surface area contributed by atoms with E-state index < -0.39 is 0 Å². The highest BCUT2D eigenvalue weighted by Gasteiger charge is 2.21. The van der Waals surface area contributed by atoms with Gasteiger partial charge in [0.1, 0.15) is 71.3 Å². The molecule has 0 aliphatic rings. The van der Waals surface area contributed by atoms with Crippen LogP contribution in [0.2, 0.25) is 0 Å². The average Bonchev–Trinajstić information content (AvgIpc) is 3.63. The Bertz CT molecular complexity index is 3820. The van der Waals surface area contributed by atoms with Crippen molar-refractivity contribution in [2.75, 3.05) is 19.6 Å². The Labute approximate surface area is 474 Å². The van der Waals surface area contributed by atoms with Crippen molar-refractivity contribution in [2.24, 2.45) is 0 Å². The Balaban J connectivity index is 1.15. The number of nitriles is 9. The number of allylic oxidation sites excluding steroid dienone is 6. The van der Waals surface area contributed by atoms with Crippen molar-refractivity contribution in [3.8, 4) is 54.6 Å². The van der Waals surface area contributed by atoms with E-state index in [1.165, 1.54) is 0 Å². The van der Waals surface area contributed by atoms with E-state index in [0.717, 1.165) is 68.2 Å². The lowest BCUT2D eigenvalue weighted by Gasteiger charge is -2.30. The second-order valence-electron chi connectivity index (χ2n) is 17.8. The van der Waals surface area contributed by atoms with E-state index in [-0.39, 0.29) is 33.4 Å². The Kier molecular flexibility index (Phi) is 16.4. The van der Waals surface area contributed by atoms with Crippen molar-refractivity contribution in [1.29, 1.82) is 47.4 Å². The SMILES string of the molecule is N#CC(C#N)=C(C#N)c1ccc(N(c2ccccc2)c2ccc(N(c3ccc(N(c4ccccc4)c4ccc(C(C#N)=C(C#N)C#N)cc4)cc3)c3ccc(N(c4ccccc4)c4ccc(C(C#N)=C(C#N)C#N)cc4)cc3)cc2)cc1. The second-order valence-corrected chi connectivity index (χ2v) is 17.8. The molecule has 0 aliphatic carbocycles. The fourth-order valence-electron chi connectivity index (χ4n) is 9.31. The molecular formula is C69H39N13. The van der Waals surface area contributed by atoms with E-state index in [2.05, 4.69) is 19.6 Å². The van der Waals surface area contributed by atoms with Gasteiger partial charge in [-0.1, -0.05) is 91.0 Å². The number of anilines is 12. The van der Waals surface area contributed by atoms with Crippen LogP contribution in [0.5, 0.6) is 0 Å². The molecule has 0 bridgehead atoms. The van der Waals surface area contributed by atoms with Crippen LogP contribution < -0.4 is 19.6 Å². The first-order valence-electron chi connectivity index (χ1n) is 25.1. The molecule has 9 aromatic carbocycles. The maximum absolute atomic E-state index is 9.89. The predicted molar refractivity (Wildman–Crippen MR) is 316 cm³/mol. The predicted octanol–water partition coefficient (Wildman–Crippen LogP) is 16.5. The zero-order chi connectivity index (χ0) is 57.4. The van der Waals surface area contributed by atoms with Gasteiger partial charge in [0.05, 0.1) is 16.7 Å². The molecule has 380 valence electrons. The molecule has 0 heterocycles. The molecule has 9 rings (SSSR count). The molecule has 0 atom stereocenters. The maximum atomic E-state index is 9.89. The number of rotatable bonds is 15. The number of nitrogens with zero attached hydrogens (tertiary/aromatic N) is 13. The van der Waals surface area contributed by atoms with Crippen molar-refractivity contribution < 1.29 is 0 Å². The summed E-state index contributed by atoms with van der Waals surface area (Å²) < 4.78 is 0. The van der Waals surface area contributed by atoms with Gasteiger partial charge in [-0.05, 0) is 162 Å². The third-order valence-corrected chi connectivity index (χ3v) is 13.1. The van der Waals surface area contributed by atoms with Crippen LogP contribution in [0.1, 0.15) is 16.7 Å². The Morgan fingerprint density at radius 2 is 0.329 bits per heavy atom. The minimum Gasteiger partial charge on any atom is -0.311 e. The molecule has 13 nitrogen and oxygen atoms in total. The van der Waals surface area contributed by atoms with Gasteiger partial charge in [0, 0.05) is 68.2 Å². The molecule has 0 saturated heterocycles. The zero-order valence-corrected chi connectivity index (χ0v) is 43.3. The van der Waals surface area contributed by atoms with Gasteiger partial charge in [0.2, 0.25) is 0 Å². The van der Waals surface area contributed by atoms with Crippen molar-refractivity contribution in [2.45, 2.75) is 0 Å². The second kappa shape index (κ2) is 25.1. The van der Waals surface area contributed by atoms with Gasteiger partial charge in [-0.15, -0.1) is 0 Å². The van der Waals surface area contributed by atoms with E-state index in [1.54, 1.807) is 36.4 Å². The lowest BCUT2D eigenvalue weighted by atomic mass is 10.0. The van der Waals surface area contributed by atoms with Gasteiger partial charge < -0.3 is 19.6 Å². The summed E-state index contributed by atoms with van der Waals surface area (Å²) in [4.78, 5) is 8.33. The van der Waals surface area contributed by atoms with E-state index in [1.807, 2.05) is 255 Å². The molecule has 0 aliphatic heterocycles. The van der Waals surface area contributed by atoms with Crippen LogP contribution >= 0.6 is 0 Å². The lowest BCUT2D eigenvalue weighted by molar-refractivity contribution is 1.24. The van der Waals surface area contributed by atoms with Crippen LogP contribution in [-0.4, -0.2) is 0 Å². The van der Waals surface area contributed by atoms with Crippen LogP contribution in [0.4, 0.5) is 68.2 Å². The van der Waals surface area contributed by atoms with E-state index in [4.69, 9.17) is 0 Å². The van der Waals surface area contributed by atoms with Crippen LogP contribution in [0.25, 0.3) is 16.7 Å². The van der Waals surface area contributed by atoms with E-state index in [9.17, 15) is 47.4 Å². The van der Waals surface area contributed by atoms with Crippen molar-refractivity contribution in [3.63, 3.8) is 0 Å². The largest absolute Gasteiger partial charge is 0.311 e. The minimum atomic E-state index is -0.269. The first kappa shape index (κ1) is 53.6. The summed E-state index contributed by atoms with van der Waals surface area (Å²) in [5.41, 5.74) is 10.3. The Hall–Kier alpha value is -13.2. The first-order chi connectivity index (χ1) is 40.3. The number of benzene rings is 9. The van der Waals surface area contributed by atoms with E-state index in [0.29, 0.717) is 16.7 Å². The molecule has 13 heteroatoms. The highest BCUT2D eigenvalue weighted by atomic mass is 15.2. The van der Waals surface area contributed by atoms with Crippen molar-refractivity contribution >= 4 is 85.0 Å². The molecule has 0 aromatic heterocycles. The van der Waals surface area contributed by atoms with Gasteiger partial charge in [0.25, 0.3) is 0 Å². The standard InChI is InChI=1S/C69H39N13/c70-40-52(41-71)67(46-76)49-16-22-58(23-17-49)79(55-10-4-1-5-11-55)61-28-34-64(35-29-61)82(65-36-30-62(31-37-65)80(56-12-6-2-7-13-56)59-24-18-50(19-25-59)68(47-77)53(42-72)43-73)66-38-32-63(33-39-66)81(57-14-8-3-9-15-57)60-26-20-51(21-27-60)69(48-78)54(44-74)45-75/h1-39H. The first-order valence-corrected chi connectivity index (χ1v) is 25.1. The summed E-state index contributed by atoms with van der Waals surface area (Å²) in [6.07, 6.45) is 0. The van der Waals surface area contributed by atoms with Crippen molar-refractivity contribution in [3.05, 3.63) is 270 Å². The summed E-state index contributed by atoms with van der Waals surface area (Å²) >= 11 is 0. The molecular weight excluding hydrogens is 1010 g/mol. The topological polar surface area (TPSA) is 227 Å². The maximum Gasteiger partial charge on any atom is 0.148 e. The summed E-state index contributed by atoms with van der Waals surface area (Å²) in [5.74, 6) is 0. The third kappa shape index (κ3) is 11.2. The normalized spacial score (nSPS) is 9.84. The molecule has 0 spiro atoms. The van der Waals surface area contributed by atoms with Gasteiger partial charge in [0.15, 0.2) is 0 Å². The molecule has 0 unspecified atom stereocenters. The van der Waals surface area contributed by atoms with Gasteiger partial charge in [-0.3, -0.25) is 0 Å². The summed E-state index contributed by atoms with van der Waals surface area (Å²) in [7, 11) is 0. The zero-order valence-electron chi connectivity index (χ0n) is 43.3. The fourth-order valence-corrected chi connectivity index (χ4v) is 9.31.